The molecule has 0 atom stereocenters. The minimum Gasteiger partial charge on any atom is -0.369 e. The van der Waals surface area contributed by atoms with Gasteiger partial charge < -0.3 is 11.5 Å². The second-order valence-electron chi connectivity index (χ2n) is 4.21. The van der Waals surface area contributed by atoms with E-state index >= 15 is 0 Å². The first kappa shape index (κ1) is 16.2. The Bertz CT molecular complexity index is 672. The van der Waals surface area contributed by atoms with Gasteiger partial charge in [0.2, 0.25) is 15.9 Å². The summed E-state index contributed by atoms with van der Waals surface area (Å²) in [6.07, 6.45) is 0. The van der Waals surface area contributed by atoms with Crippen LogP contribution in [0.25, 0.3) is 0 Å². The van der Waals surface area contributed by atoms with Gasteiger partial charge in [0.25, 0.3) is 0 Å². The summed E-state index contributed by atoms with van der Waals surface area (Å²) in [6, 6.07) is 4.83. The van der Waals surface area contributed by atoms with Crippen molar-refractivity contribution in [2.75, 3.05) is 20.1 Å². The summed E-state index contributed by atoms with van der Waals surface area (Å²) in [4.78, 5) is 11.0. The van der Waals surface area contributed by atoms with E-state index in [4.69, 9.17) is 11.5 Å². The number of hydrogen-bond acceptors (Lipinski definition) is 4. The molecule has 0 aromatic heterocycles. The van der Waals surface area contributed by atoms with Crippen molar-refractivity contribution < 1.29 is 13.2 Å². The van der Waals surface area contributed by atoms with Gasteiger partial charge in [0, 0.05) is 12.6 Å². The molecule has 0 unspecified atom stereocenters. The average Bonchev–Trinajstić information content (AvgIpc) is 2.36. The molecule has 4 N–H and O–H groups in total. The maximum Gasteiger partial charge on any atom is 0.243 e. The number of hydrogen-bond donors (Lipinski definition) is 2. The van der Waals surface area contributed by atoms with E-state index in [2.05, 4.69) is 11.8 Å². The molecular formula is C13H17N3O3S. The Morgan fingerprint density at radius 3 is 2.60 bits per heavy atom. The first-order chi connectivity index (χ1) is 9.28. The van der Waals surface area contributed by atoms with Gasteiger partial charge in [-0.25, -0.2) is 8.42 Å². The number of nitrogens with zero attached hydrogens (tertiary/aromatic N) is 1. The fourth-order valence-electron chi connectivity index (χ4n) is 1.58. The molecule has 1 amide bonds. The minimum absolute atomic E-state index is 0.102. The summed E-state index contributed by atoms with van der Waals surface area (Å²) in [5.41, 5.74) is 11.4. The lowest BCUT2D eigenvalue weighted by molar-refractivity contribution is -0.118. The molecule has 1 aromatic rings. The number of amides is 1. The van der Waals surface area contributed by atoms with Crippen LogP contribution in [0.5, 0.6) is 0 Å². The van der Waals surface area contributed by atoms with Gasteiger partial charge in [-0.15, -0.1) is 0 Å². The molecule has 0 heterocycles. The molecule has 7 heteroatoms. The Labute approximate surface area is 118 Å². The van der Waals surface area contributed by atoms with Crippen LogP contribution >= 0.6 is 0 Å². The zero-order valence-corrected chi connectivity index (χ0v) is 12.2. The van der Waals surface area contributed by atoms with Gasteiger partial charge >= 0.3 is 0 Å². The number of rotatable bonds is 4. The number of aryl methyl sites for hydroxylation is 1. The Kier molecular flexibility index (Phi) is 5.27. The lowest BCUT2D eigenvalue weighted by Crippen LogP contribution is -2.35. The predicted octanol–water partition coefficient (Wildman–Crippen LogP) is -0.589. The van der Waals surface area contributed by atoms with E-state index < -0.39 is 15.9 Å². The molecule has 108 valence electrons. The molecule has 0 saturated carbocycles. The van der Waals surface area contributed by atoms with Gasteiger partial charge in [0.05, 0.1) is 18.0 Å². The fraction of sp³-hybridized carbons (Fsp3) is 0.308. The van der Waals surface area contributed by atoms with Crippen molar-refractivity contribution in [1.82, 2.24) is 4.31 Å². The van der Waals surface area contributed by atoms with E-state index in [1.807, 2.05) is 0 Å². The molecule has 0 aliphatic heterocycles. The third kappa shape index (κ3) is 3.81. The van der Waals surface area contributed by atoms with Crippen LogP contribution in [0, 0.1) is 18.8 Å². The maximum absolute atomic E-state index is 12.4. The number of primary amides is 1. The molecule has 0 spiro atoms. The number of carbonyl (C=O) groups is 1. The Morgan fingerprint density at radius 2 is 2.05 bits per heavy atom. The van der Waals surface area contributed by atoms with E-state index in [-0.39, 0.29) is 18.0 Å². The third-order valence-corrected chi connectivity index (χ3v) is 4.54. The Balaban J connectivity index is 3.26. The van der Waals surface area contributed by atoms with Gasteiger partial charge in [-0.2, -0.15) is 4.31 Å². The minimum atomic E-state index is -3.78. The second kappa shape index (κ2) is 6.52. The smallest absolute Gasteiger partial charge is 0.243 e. The van der Waals surface area contributed by atoms with Crippen LogP contribution < -0.4 is 11.5 Å². The molecule has 0 radical (unpaired) electrons. The van der Waals surface area contributed by atoms with Crippen molar-refractivity contribution >= 4 is 15.9 Å². The second-order valence-corrected chi connectivity index (χ2v) is 6.23. The van der Waals surface area contributed by atoms with Gasteiger partial charge in [-0.1, -0.05) is 17.9 Å². The number of benzene rings is 1. The molecule has 0 fully saturated rings. The largest absolute Gasteiger partial charge is 0.369 e. The zero-order valence-electron chi connectivity index (χ0n) is 11.4. The van der Waals surface area contributed by atoms with Crippen LogP contribution in [0.4, 0.5) is 0 Å². The van der Waals surface area contributed by atoms with Crippen LogP contribution in [0.15, 0.2) is 23.1 Å². The highest BCUT2D eigenvalue weighted by atomic mass is 32.2. The Hall–Kier alpha value is -1.88. The lowest BCUT2D eigenvalue weighted by Gasteiger charge is -2.17. The first-order valence-corrected chi connectivity index (χ1v) is 7.27. The zero-order chi connectivity index (χ0) is 15.3. The van der Waals surface area contributed by atoms with E-state index in [0.717, 1.165) is 4.31 Å². The van der Waals surface area contributed by atoms with Crippen molar-refractivity contribution in [3.05, 3.63) is 29.3 Å². The molecule has 1 rings (SSSR count). The molecular weight excluding hydrogens is 278 g/mol. The van der Waals surface area contributed by atoms with Crippen molar-refractivity contribution in [3.8, 4) is 11.8 Å². The first-order valence-electron chi connectivity index (χ1n) is 5.83. The quantitative estimate of drug-likeness (QED) is 0.724. The van der Waals surface area contributed by atoms with E-state index in [0.29, 0.717) is 11.1 Å². The highest BCUT2D eigenvalue weighted by Crippen LogP contribution is 2.20. The average molecular weight is 295 g/mol. The molecule has 1 aromatic carbocycles. The standard InChI is InChI=1S/C13H17N3O3S/c1-10-5-6-11(4-3-7-14)8-12(10)20(18,19)16(2)9-13(15)17/h5-6,8H,7,9,14H2,1-2H3,(H2,15,17). The molecule has 6 nitrogen and oxygen atoms in total. The van der Waals surface area contributed by atoms with Gasteiger partial charge in [0.1, 0.15) is 0 Å². The SMILES string of the molecule is Cc1ccc(C#CCN)cc1S(=O)(=O)N(C)CC(N)=O. The number of nitrogens with two attached hydrogens (primary N) is 2. The summed E-state index contributed by atoms with van der Waals surface area (Å²) in [5, 5.41) is 0. The van der Waals surface area contributed by atoms with Gasteiger partial charge in [-0.3, -0.25) is 4.79 Å². The normalized spacial score (nSPS) is 11.0. The summed E-state index contributed by atoms with van der Waals surface area (Å²) < 4.78 is 25.6. The number of sulfonamides is 1. The fourth-order valence-corrected chi connectivity index (χ4v) is 2.96. The summed E-state index contributed by atoms with van der Waals surface area (Å²) in [6.45, 7) is 1.49. The molecule has 0 aliphatic carbocycles. The topological polar surface area (TPSA) is 106 Å². The van der Waals surface area contributed by atoms with Crippen LogP contribution in [0.2, 0.25) is 0 Å². The molecule has 20 heavy (non-hydrogen) atoms. The van der Waals surface area contributed by atoms with E-state index in [1.165, 1.54) is 13.1 Å². The van der Waals surface area contributed by atoms with Crippen molar-refractivity contribution in [2.24, 2.45) is 11.5 Å². The summed E-state index contributed by atoms with van der Waals surface area (Å²) >= 11 is 0. The third-order valence-electron chi connectivity index (χ3n) is 2.59. The highest BCUT2D eigenvalue weighted by molar-refractivity contribution is 7.89. The molecule has 0 bridgehead atoms. The Morgan fingerprint density at radius 1 is 1.40 bits per heavy atom. The number of likely N-dealkylation sites (N-methyl/N-ethyl adjacent to an activating group) is 1. The summed E-state index contributed by atoms with van der Waals surface area (Å²) in [5.74, 6) is 4.72. The van der Waals surface area contributed by atoms with Crippen molar-refractivity contribution in [3.63, 3.8) is 0 Å². The predicted molar refractivity (Wildman–Crippen MR) is 76.1 cm³/mol. The van der Waals surface area contributed by atoms with Crippen LogP contribution in [-0.4, -0.2) is 38.8 Å². The van der Waals surface area contributed by atoms with Gasteiger partial charge in [0.15, 0.2) is 0 Å². The lowest BCUT2D eigenvalue weighted by atomic mass is 10.1. The van der Waals surface area contributed by atoms with E-state index in [1.54, 1.807) is 19.1 Å². The van der Waals surface area contributed by atoms with Gasteiger partial charge in [-0.05, 0) is 24.6 Å². The highest BCUT2D eigenvalue weighted by Gasteiger charge is 2.24. The van der Waals surface area contributed by atoms with E-state index in [9.17, 15) is 13.2 Å². The van der Waals surface area contributed by atoms with Crippen molar-refractivity contribution in [2.45, 2.75) is 11.8 Å². The van der Waals surface area contributed by atoms with Crippen molar-refractivity contribution in [1.29, 1.82) is 0 Å². The monoisotopic (exact) mass is 295 g/mol. The maximum atomic E-state index is 12.4. The van der Waals surface area contributed by atoms with Crippen LogP contribution in [-0.2, 0) is 14.8 Å². The molecule has 0 saturated heterocycles. The summed E-state index contributed by atoms with van der Waals surface area (Å²) in [7, 11) is -2.48. The van der Waals surface area contributed by atoms with Crippen LogP contribution in [0.1, 0.15) is 11.1 Å². The van der Waals surface area contributed by atoms with Crippen LogP contribution in [0.3, 0.4) is 0 Å². The number of carbonyl (C=O) groups excluding carboxylic acids is 1. The molecule has 0 aliphatic rings.